The lowest BCUT2D eigenvalue weighted by Crippen LogP contribution is -2.36. The van der Waals surface area contributed by atoms with E-state index in [9.17, 15) is 9.18 Å². The summed E-state index contributed by atoms with van der Waals surface area (Å²) in [5.41, 5.74) is 0.517. The lowest BCUT2D eigenvalue weighted by molar-refractivity contribution is 0.0895. The van der Waals surface area contributed by atoms with Gasteiger partial charge in [0.2, 0.25) is 0 Å². The number of carbonyl (C=O) groups is 1. The Hall–Kier alpha value is -2.35. The third-order valence-corrected chi connectivity index (χ3v) is 2.47. The van der Waals surface area contributed by atoms with Gasteiger partial charge in [0, 0.05) is 13.2 Å². The number of amides is 1. The van der Waals surface area contributed by atoms with Crippen LogP contribution < -0.4 is 5.32 Å². The highest BCUT2D eigenvalue weighted by molar-refractivity contribution is 5.90. The number of carbonyl (C=O) groups excluding carboxylic acids is 1. The third-order valence-electron chi connectivity index (χ3n) is 2.47. The van der Waals surface area contributed by atoms with Crippen LogP contribution in [-0.4, -0.2) is 45.9 Å². The second kappa shape index (κ2) is 6.20. The standard InChI is InChI=1S/C12H14FN5O2/c1-8(7-20-2)14-12(19)11-15-17-18(16-11)10-5-3-9(13)4-6-10/h3-6,8H,7H2,1-2H3,(H,14,19). The number of nitrogens with zero attached hydrogens (tertiary/aromatic N) is 4. The molecule has 1 unspecified atom stereocenters. The van der Waals surface area contributed by atoms with Gasteiger partial charge in [-0.2, -0.15) is 0 Å². The van der Waals surface area contributed by atoms with Crippen LogP contribution in [0.15, 0.2) is 24.3 Å². The van der Waals surface area contributed by atoms with Gasteiger partial charge in [-0.05, 0) is 36.4 Å². The average molecular weight is 279 g/mol. The molecule has 0 aliphatic heterocycles. The highest BCUT2D eigenvalue weighted by Crippen LogP contribution is 2.06. The van der Waals surface area contributed by atoms with Crippen LogP contribution in [0.5, 0.6) is 0 Å². The number of nitrogens with one attached hydrogen (secondary N) is 1. The summed E-state index contributed by atoms with van der Waals surface area (Å²) in [5.74, 6) is -0.861. The molecule has 1 N–H and O–H groups in total. The number of tetrazole rings is 1. The summed E-state index contributed by atoms with van der Waals surface area (Å²) in [6.07, 6.45) is 0. The van der Waals surface area contributed by atoms with Crippen LogP contribution in [0.4, 0.5) is 4.39 Å². The Morgan fingerprint density at radius 1 is 1.45 bits per heavy atom. The fourth-order valence-corrected chi connectivity index (χ4v) is 1.57. The molecule has 0 aliphatic rings. The molecule has 0 radical (unpaired) electrons. The predicted molar refractivity (Wildman–Crippen MR) is 67.9 cm³/mol. The molecule has 106 valence electrons. The van der Waals surface area contributed by atoms with E-state index in [-0.39, 0.29) is 17.7 Å². The van der Waals surface area contributed by atoms with E-state index in [0.29, 0.717) is 12.3 Å². The van der Waals surface area contributed by atoms with Gasteiger partial charge in [-0.3, -0.25) is 4.79 Å². The highest BCUT2D eigenvalue weighted by atomic mass is 19.1. The number of aromatic nitrogens is 4. The number of rotatable bonds is 5. The first-order valence-electron chi connectivity index (χ1n) is 5.96. The largest absolute Gasteiger partial charge is 0.383 e. The van der Waals surface area contributed by atoms with Crippen LogP contribution in [0, 0.1) is 5.82 Å². The molecule has 0 spiro atoms. The maximum Gasteiger partial charge on any atom is 0.293 e. The van der Waals surface area contributed by atoms with Gasteiger partial charge in [0.25, 0.3) is 11.7 Å². The number of ether oxygens (including phenoxy) is 1. The van der Waals surface area contributed by atoms with Crippen LogP contribution in [-0.2, 0) is 4.74 Å². The molecule has 1 aromatic carbocycles. The average Bonchev–Trinajstić information content (AvgIpc) is 2.89. The van der Waals surface area contributed by atoms with Crippen molar-refractivity contribution >= 4 is 5.91 Å². The van der Waals surface area contributed by atoms with Crippen molar-refractivity contribution in [2.24, 2.45) is 0 Å². The van der Waals surface area contributed by atoms with Gasteiger partial charge in [0.15, 0.2) is 0 Å². The molecule has 1 amide bonds. The van der Waals surface area contributed by atoms with Crippen LogP contribution in [0.2, 0.25) is 0 Å². The first-order valence-corrected chi connectivity index (χ1v) is 5.96. The molecular weight excluding hydrogens is 265 g/mol. The van der Waals surface area contributed by atoms with E-state index in [2.05, 4.69) is 20.7 Å². The van der Waals surface area contributed by atoms with Gasteiger partial charge in [0.1, 0.15) is 5.82 Å². The van der Waals surface area contributed by atoms with E-state index < -0.39 is 5.91 Å². The Balaban J connectivity index is 2.08. The van der Waals surface area contributed by atoms with E-state index in [4.69, 9.17) is 4.74 Å². The van der Waals surface area contributed by atoms with Gasteiger partial charge >= 0.3 is 0 Å². The van der Waals surface area contributed by atoms with Crippen LogP contribution in [0.3, 0.4) is 0 Å². The molecule has 0 saturated carbocycles. The summed E-state index contributed by atoms with van der Waals surface area (Å²) < 4.78 is 17.7. The number of hydrogen-bond donors (Lipinski definition) is 1. The minimum atomic E-state index is -0.442. The molecule has 1 heterocycles. The van der Waals surface area contributed by atoms with E-state index in [1.54, 1.807) is 14.0 Å². The summed E-state index contributed by atoms with van der Waals surface area (Å²) in [4.78, 5) is 13.0. The zero-order valence-corrected chi connectivity index (χ0v) is 11.1. The van der Waals surface area contributed by atoms with Crippen molar-refractivity contribution in [1.29, 1.82) is 0 Å². The van der Waals surface area contributed by atoms with Gasteiger partial charge in [0.05, 0.1) is 12.3 Å². The van der Waals surface area contributed by atoms with Crippen molar-refractivity contribution in [2.75, 3.05) is 13.7 Å². The second-order valence-corrected chi connectivity index (χ2v) is 4.21. The van der Waals surface area contributed by atoms with Crippen molar-refractivity contribution < 1.29 is 13.9 Å². The molecule has 2 rings (SSSR count). The first kappa shape index (κ1) is 14.1. The summed E-state index contributed by atoms with van der Waals surface area (Å²) in [6, 6.07) is 5.38. The van der Waals surface area contributed by atoms with Crippen molar-refractivity contribution in [3.63, 3.8) is 0 Å². The summed E-state index contributed by atoms with van der Waals surface area (Å²) in [6.45, 7) is 2.18. The zero-order valence-electron chi connectivity index (χ0n) is 11.1. The fraction of sp³-hybridized carbons (Fsp3) is 0.333. The first-order chi connectivity index (χ1) is 9.60. The maximum absolute atomic E-state index is 12.8. The van der Waals surface area contributed by atoms with Gasteiger partial charge in [-0.1, -0.05) is 0 Å². The quantitative estimate of drug-likeness (QED) is 0.865. The molecule has 2 aromatic rings. The van der Waals surface area contributed by atoms with Crippen LogP contribution in [0.25, 0.3) is 5.69 Å². The van der Waals surface area contributed by atoms with Gasteiger partial charge in [-0.25, -0.2) is 4.39 Å². The van der Waals surface area contributed by atoms with Gasteiger partial charge < -0.3 is 10.1 Å². The zero-order chi connectivity index (χ0) is 14.5. The van der Waals surface area contributed by atoms with Crippen molar-refractivity contribution in [3.05, 3.63) is 35.9 Å². The Morgan fingerprint density at radius 2 is 2.15 bits per heavy atom. The molecule has 0 aliphatic carbocycles. The number of benzene rings is 1. The Kier molecular flexibility index (Phi) is 4.36. The minimum absolute atomic E-state index is 0.0581. The minimum Gasteiger partial charge on any atom is -0.383 e. The molecule has 1 aromatic heterocycles. The molecule has 7 nitrogen and oxygen atoms in total. The van der Waals surface area contributed by atoms with Crippen LogP contribution in [0.1, 0.15) is 17.5 Å². The maximum atomic E-state index is 12.8. The van der Waals surface area contributed by atoms with Crippen molar-refractivity contribution in [2.45, 2.75) is 13.0 Å². The normalized spacial score (nSPS) is 12.2. The van der Waals surface area contributed by atoms with Crippen molar-refractivity contribution in [3.8, 4) is 5.69 Å². The number of halogens is 1. The Labute approximate surface area is 114 Å². The fourth-order valence-electron chi connectivity index (χ4n) is 1.57. The van der Waals surface area contributed by atoms with E-state index >= 15 is 0 Å². The van der Waals surface area contributed by atoms with E-state index in [0.717, 1.165) is 4.80 Å². The molecule has 20 heavy (non-hydrogen) atoms. The summed E-state index contributed by atoms with van der Waals surface area (Å²) >= 11 is 0. The van der Waals surface area contributed by atoms with Gasteiger partial charge in [-0.15, -0.1) is 15.0 Å². The predicted octanol–water partition coefficient (Wildman–Crippen LogP) is 0.566. The molecule has 1 atom stereocenters. The topological polar surface area (TPSA) is 81.9 Å². The number of hydrogen-bond acceptors (Lipinski definition) is 5. The lowest BCUT2D eigenvalue weighted by atomic mass is 10.3. The molecule has 0 bridgehead atoms. The van der Waals surface area contributed by atoms with E-state index in [1.807, 2.05) is 0 Å². The molecule has 8 heteroatoms. The third kappa shape index (κ3) is 3.35. The highest BCUT2D eigenvalue weighted by Gasteiger charge is 2.15. The SMILES string of the molecule is COCC(C)NC(=O)c1nnn(-c2ccc(F)cc2)n1. The molecule has 0 fully saturated rings. The monoisotopic (exact) mass is 279 g/mol. The molecular formula is C12H14FN5O2. The number of methoxy groups -OCH3 is 1. The van der Waals surface area contributed by atoms with Crippen LogP contribution >= 0.6 is 0 Å². The Bertz CT molecular complexity index is 584. The lowest BCUT2D eigenvalue weighted by Gasteiger charge is -2.10. The van der Waals surface area contributed by atoms with Crippen molar-refractivity contribution in [1.82, 2.24) is 25.5 Å². The van der Waals surface area contributed by atoms with E-state index in [1.165, 1.54) is 24.3 Å². The smallest absolute Gasteiger partial charge is 0.293 e. The summed E-state index contributed by atoms with van der Waals surface area (Å²) in [7, 11) is 1.55. The summed E-state index contributed by atoms with van der Waals surface area (Å²) in [5, 5.41) is 14.0. The second-order valence-electron chi connectivity index (χ2n) is 4.21. The molecule has 0 saturated heterocycles. The Morgan fingerprint density at radius 3 is 2.80 bits per heavy atom.